The van der Waals surface area contributed by atoms with Gasteiger partial charge in [-0.2, -0.15) is 0 Å². The molecule has 0 bridgehead atoms. The quantitative estimate of drug-likeness (QED) is 0.898. The maximum absolute atomic E-state index is 6.27. The molecule has 1 atom stereocenters. The summed E-state index contributed by atoms with van der Waals surface area (Å²) in [6.07, 6.45) is 0. The van der Waals surface area contributed by atoms with Gasteiger partial charge in [-0.15, -0.1) is 0 Å². The zero-order valence-corrected chi connectivity index (χ0v) is 11.9. The Balaban J connectivity index is 1.79. The largest absolute Gasteiger partial charge is 0.486 e. The number of halogens is 1. The van der Waals surface area contributed by atoms with Crippen LogP contribution in [0.15, 0.2) is 12.1 Å². The third kappa shape index (κ3) is 2.81. The number of fused-ring (bicyclic) bond motifs is 1. The minimum Gasteiger partial charge on any atom is -0.486 e. The van der Waals surface area contributed by atoms with Gasteiger partial charge in [0.2, 0.25) is 0 Å². The minimum atomic E-state index is 0.542. The van der Waals surface area contributed by atoms with Crippen LogP contribution >= 0.6 is 11.6 Å². The van der Waals surface area contributed by atoms with Gasteiger partial charge < -0.3 is 14.8 Å². The van der Waals surface area contributed by atoms with Crippen molar-refractivity contribution in [2.24, 2.45) is 0 Å². The Bertz CT molecular complexity index is 467. The zero-order valence-electron chi connectivity index (χ0n) is 11.1. The lowest BCUT2D eigenvalue weighted by atomic mass is 10.1. The third-order valence-electron chi connectivity index (χ3n) is 3.68. The molecule has 1 saturated heterocycles. The second-order valence-electron chi connectivity index (χ2n) is 5.13. The molecule has 2 heterocycles. The number of rotatable bonds is 2. The number of ether oxygens (including phenoxy) is 2. The summed E-state index contributed by atoms with van der Waals surface area (Å²) in [5, 5.41) is 4.05. The van der Waals surface area contributed by atoms with Crippen LogP contribution in [0, 0.1) is 0 Å². The molecule has 1 aromatic carbocycles. The predicted molar refractivity (Wildman–Crippen MR) is 75.2 cm³/mol. The number of benzene rings is 1. The van der Waals surface area contributed by atoms with Crippen molar-refractivity contribution in [3.63, 3.8) is 0 Å². The van der Waals surface area contributed by atoms with E-state index in [-0.39, 0.29) is 0 Å². The first kappa shape index (κ1) is 13.0. The van der Waals surface area contributed by atoms with Crippen molar-refractivity contribution < 1.29 is 9.47 Å². The van der Waals surface area contributed by atoms with E-state index in [9.17, 15) is 0 Å². The second kappa shape index (κ2) is 5.57. The van der Waals surface area contributed by atoms with Crippen molar-refractivity contribution in [1.82, 2.24) is 10.2 Å². The summed E-state index contributed by atoms with van der Waals surface area (Å²) >= 11 is 6.27. The first-order valence-electron chi connectivity index (χ1n) is 6.77. The van der Waals surface area contributed by atoms with E-state index in [1.807, 2.05) is 6.07 Å². The topological polar surface area (TPSA) is 33.7 Å². The Labute approximate surface area is 118 Å². The van der Waals surface area contributed by atoms with E-state index < -0.39 is 0 Å². The molecule has 5 heteroatoms. The lowest BCUT2D eigenvalue weighted by Crippen LogP contribution is -2.49. The standard InChI is InChI=1S/C14H19ClN2O2/c1-10-8-16-2-3-17(10)9-11-6-12(15)14-13(7-11)18-4-5-19-14/h6-7,10,16H,2-5,8-9H2,1H3/t10-/m0/s1. The van der Waals surface area contributed by atoms with Crippen LogP contribution in [0.5, 0.6) is 11.5 Å². The number of hydrogen-bond acceptors (Lipinski definition) is 4. The van der Waals surface area contributed by atoms with E-state index in [1.165, 1.54) is 5.56 Å². The average Bonchev–Trinajstić information content (AvgIpc) is 2.42. The first-order valence-corrected chi connectivity index (χ1v) is 7.14. The SMILES string of the molecule is C[C@H]1CNCCN1Cc1cc(Cl)c2c(c1)OCCO2. The van der Waals surface area contributed by atoms with Crippen LogP contribution in [0.2, 0.25) is 5.02 Å². The molecule has 0 spiro atoms. The number of nitrogens with zero attached hydrogens (tertiary/aromatic N) is 1. The van der Waals surface area contributed by atoms with E-state index in [2.05, 4.69) is 23.2 Å². The Morgan fingerprint density at radius 3 is 3.05 bits per heavy atom. The minimum absolute atomic E-state index is 0.542. The lowest BCUT2D eigenvalue weighted by Gasteiger charge is -2.34. The van der Waals surface area contributed by atoms with Gasteiger partial charge in [-0.05, 0) is 24.6 Å². The van der Waals surface area contributed by atoms with Crippen molar-refractivity contribution in [3.8, 4) is 11.5 Å². The third-order valence-corrected chi connectivity index (χ3v) is 3.96. The van der Waals surface area contributed by atoms with Gasteiger partial charge in [0.1, 0.15) is 13.2 Å². The number of nitrogens with one attached hydrogen (secondary N) is 1. The van der Waals surface area contributed by atoms with Crippen LogP contribution in [-0.2, 0) is 6.54 Å². The van der Waals surface area contributed by atoms with E-state index in [0.29, 0.717) is 30.0 Å². The maximum Gasteiger partial charge on any atom is 0.179 e. The fourth-order valence-corrected chi connectivity index (χ4v) is 2.90. The molecule has 1 fully saturated rings. The fraction of sp³-hybridized carbons (Fsp3) is 0.571. The predicted octanol–water partition coefficient (Wildman–Crippen LogP) is 1.90. The van der Waals surface area contributed by atoms with E-state index in [1.54, 1.807) is 0 Å². The molecule has 104 valence electrons. The molecule has 2 aliphatic heterocycles. The van der Waals surface area contributed by atoms with Crippen LogP contribution < -0.4 is 14.8 Å². The average molecular weight is 283 g/mol. The Morgan fingerprint density at radius 1 is 1.37 bits per heavy atom. The van der Waals surface area contributed by atoms with Gasteiger partial charge in [-0.3, -0.25) is 4.90 Å². The van der Waals surface area contributed by atoms with E-state index >= 15 is 0 Å². The zero-order chi connectivity index (χ0) is 13.2. The first-order chi connectivity index (χ1) is 9.24. The molecule has 3 rings (SSSR count). The van der Waals surface area contributed by atoms with Gasteiger partial charge >= 0.3 is 0 Å². The van der Waals surface area contributed by atoms with Crippen LogP contribution in [0.25, 0.3) is 0 Å². The molecule has 0 unspecified atom stereocenters. The van der Waals surface area contributed by atoms with Crippen molar-refractivity contribution in [1.29, 1.82) is 0 Å². The molecule has 0 aromatic heterocycles. The second-order valence-corrected chi connectivity index (χ2v) is 5.53. The molecule has 0 radical (unpaired) electrons. The number of piperazine rings is 1. The normalized spacial score (nSPS) is 23.4. The Hall–Kier alpha value is -0.970. The summed E-state index contributed by atoms with van der Waals surface area (Å²) in [7, 11) is 0. The summed E-state index contributed by atoms with van der Waals surface area (Å²) in [4.78, 5) is 2.46. The molecule has 19 heavy (non-hydrogen) atoms. The van der Waals surface area contributed by atoms with Gasteiger partial charge in [0.15, 0.2) is 11.5 Å². The lowest BCUT2D eigenvalue weighted by molar-refractivity contribution is 0.161. The number of hydrogen-bond donors (Lipinski definition) is 1. The summed E-state index contributed by atoms with van der Waals surface area (Å²) in [6.45, 7) is 7.46. The summed E-state index contributed by atoms with van der Waals surface area (Å²) in [5.41, 5.74) is 1.18. The van der Waals surface area contributed by atoms with Crippen molar-refractivity contribution in [2.75, 3.05) is 32.8 Å². The van der Waals surface area contributed by atoms with Crippen LogP contribution in [-0.4, -0.2) is 43.8 Å². The van der Waals surface area contributed by atoms with Crippen molar-refractivity contribution in [2.45, 2.75) is 19.5 Å². The fourth-order valence-electron chi connectivity index (χ4n) is 2.61. The summed E-state index contributed by atoms with van der Waals surface area (Å²) in [5.74, 6) is 1.46. The highest BCUT2D eigenvalue weighted by atomic mass is 35.5. The van der Waals surface area contributed by atoms with Crippen LogP contribution in [0.1, 0.15) is 12.5 Å². The van der Waals surface area contributed by atoms with Gasteiger partial charge in [0.05, 0.1) is 5.02 Å². The molecule has 0 saturated carbocycles. The molecule has 0 aliphatic carbocycles. The van der Waals surface area contributed by atoms with Crippen LogP contribution in [0.3, 0.4) is 0 Å². The van der Waals surface area contributed by atoms with Crippen molar-refractivity contribution in [3.05, 3.63) is 22.7 Å². The molecule has 1 aromatic rings. The van der Waals surface area contributed by atoms with Gasteiger partial charge in [-0.1, -0.05) is 11.6 Å². The molecular weight excluding hydrogens is 264 g/mol. The van der Waals surface area contributed by atoms with E-state index in [4.69, 9.17) is 21.1 Å². The van der Waals surface area contributed by atoms with E-state index in [0.717, 1.165) is 31.9 Å². The monoisotopic (exact) mass is 282 g/mol. The summed E-state index contributed by atoms with van der Waals surface area (Å²) < 4.78 is 11.2. The molecule has 4 nitrogen and oxygen atoms in total. The highest BCUT2D eigenvalue weighted by Crippen LogP contribution is 2.38. The highest BCUT2D eigenvalue weighted by Gasteiger charge is 2.21. The highest BCUT2D eigenvalue weighted by molar-refractivity contribution is 6.32. The molecular formula is C14H19ClN2O2. The maximum atomic E-state index is 6.27. The molecule has 1 N–H and O–H groups in total. The van der Waals surface area contributed by atoms with Gasteiger partial charge in [0, 0.05) is 32.2 Å². The van der Waals surface area contributed by atoms with Crippen LogP contribution in [0.4, 0.5) is 0 Å². The molecule has 0 amide bonds. The molecule has 2 aliphatic rings. The van der Waals surface area contributed by atoms with Gasteiger partial charge in [0.25, 0.3) is 0 Å². The van der Waals surface area contributed by atoms with Crippen molar-refractivity contribution >= 4 is 11.6 Å². The Morgan fingerprint density at radius 2 is 2.21 bits per heavy atom. The van der Waals surface area contributed by atoms with Gasteiger partial charge in [-0.25, -0.2) is 0 Å². The smallest absolute Gasteiger partial charge is 0.179 e. The summed E-state index contributed by atoms with van der Waals surface area (Å²) in [6, 6.07) is 4.58. The Kier molecular flexibility index (Phi) is 3.82.